The minimum absolute atomic E-state index is 0.0876. The summed E-state index contributed by atoms with van der Waals surface area (Å²) in [5.41, 5.74) is 3.77. The molecule has 0 unspecified atom stereocenters. The van der Waals surface area contributed by atoms with Crippen molar-refractivity contribution in [2.24, 2.45) is 0 Å². The molecule has 1 rings (SSSR count). The molecule has 0 saturated heterocycles. The lowest BCUT2D eigenvalue weighted by Crippen LogP contribution is -2.29. The first-order valence-corrected chi connectivity index (χ1v) is 7.44. The van der Waals surface area contributed by atoms with Crippen molar-refractivity contribution in [2.45, 2.75) is 26.0 Å². The van der Waals surface area contributed by atoms with E-state index in [1.54, 1.807) is 23.7 Å². The lowest BCUT2D eigenvalue weighted by atomic mass is 10.1. The smallest absolute Gasteiger partial charge is 0.232 e. The van der Waals surface area contributed by atoms with Gasteiger partial charge in [-0.25, -0.2) is 0 Å². The van der Waals surface area contributed by atoms with Gasteiger partial charge in [0.2, 0.25) is 5.91 Å². The van der Waals surface area contributed by atoms with Crippen LogP contribution in [0.4, 0.5) is 0 Å². The van der Waals surface area contributed by atoms with Crippen LogP contribution in [-0.4, -0.2) is 30.2 Å². The van der Waals surface area contributed by atoms with Crippen LogP contribution in [-0.2, 0) is 10.5 Å². The van der Waals surface area contributed by atoms with Crippen LogP contribution in [0.1, 0.15) is 23.1 Å². The Kier molecular flexibility index (Phi) is 6.44. The Labute approximate surface area is 119 Å². The molecule has 0 heterocycles. The quantitative estimate of drug-likeness (QED) is 0.802. The molecule has 4 heteroatoms. The van der Waals surface area contributed by atoms with Crippen molar-refractivity contribution in [1.29, 1.82) is 5.26 Å². The second-order valence-corrected chi connectivity index (χ2v) is 5.70. The number of aryl methyl sites for hydroxylation is 2. The van der Waals surface area contributed by atoms with E-state index >= 15 is 0 Å². The molecule has 102 valence electrons. The van der Waals surface area contributed by atoms with Crippen molar-refractivity contribution in [3.8, 4) is 6.07 Å². The van der Waals surface area contributed by atoms with Crippen LogP contribution in [0.5, 0.6) is 0 Å². The van der Waals surface area contributed by atoms with Crippen molar-refractivity contribution in [1.82, 2.24) is 4.90 Å². The number of nitriles is 1. The highest BCUT2D eigenvalue weighted by molar-refractivity contribution is 7.99. The van der Waals surface area contributed by atoms with Crippen LogP contribution in [0.25, 0.3) is 0 Å². The molecule has 0 aromatic heterocycles. The summed E-state index contributed by atoms with van der Waals surface area (Å²) in [5.74, 6) is 1.40. The van der Waals surface area contributed by atoms with Crippen LogP contribution in [0.2, 0.25) is 0 Å². The number of carbonyl (C=O) groups excluding carboxylic acids is 1. The number of amides is 1. The number of hydrogen-bond acceptors (Lipinski definition) is 3. The van der Waals surface area contributed by atoms with Crippen molar-refractivity contribution in [3.63, 3.8) is 0 Å². The Morgan fingerprint density at radius 3 is 2.53 bits per heavy atom. The van der Waals surface area contributed by atoms with E-state index in [0.717, 1.165) is 5.75 Å². The molecule has 0 aliphatic rings. The zero-order valence-electron chi connectivity index (χ0n) is 11.8. The highest BCUT2D eigenvalue weighted by Gasteiger charge is 2.08. The van der Waals surface area contributed by atoms with Crippen molar-refractivity contribution in [2.75, 3.05) is 19.3 Å². The number of rotatable bonds is 6. The average Bonchev–Trinajstić information content (AvgIpc) is 2.34. The van der Waals surface area contributed by atoms with E-state index in [4.69, 9.17) is 5.26 Å². The zero-order chi connectivity index (χ0) is 14.3. The molecule has 0 saturated carbocycles. The van der Waals surface area contributed by atoms with E-state index in [1.807, 2.05) is 6.07 Å². The predicted octanol–water partition coefficient (Wildman–Crippen LogP) is 2.91. The number of hydrogen-bond donors (Lipinski definition) is 0. The third kappa shape index (κ3) is 5.80. The molecule has 19 heavy (non-hydrogen) atoms. The SMILES string of the molecule is Cc1cc(C)cc(CSCC(=O)N(C)CCC#N)c1. The number of benzene rings is 1. The fourth-order valence-corrected chi connectivity index (χ4v) is 2.76. The summed E-state index contributed by atoms with van der Waals surface area (Å²) in [6.45, 7) is 4.68. The van der Waals surface area contributed by atoms with Crippen LogP contribution in [0, 0.1) is 25.2 Å². The summed E-state index contributed by atoms with van der Waals surface area (Å²) in [5, 5.41) is 8.48. The summed E-state index contributed by atoms with van der Waals surface area (Å²) in [7, 11) is 1.75. The van der Waals surface area contributed by atoms with Gasteiger partial charge in [-0.05, 0) is 19.4 Å². The highest BCUT2D eigenvalue weighted by Crippen LogP contribution is 2.16. The van der Waals surface area contributed by atoms with Crippen LogP contribution in [0.3, 0.4) is 0 Å². The van der Waals surface area contributed by atoms with Crippen LogP contribution < -0.4 is 0 Å². The molecule has 0 N–H and O–H groups in total. The Morgan fingerprint density at radius 2 is 1.95 bits per heavy atom. The third-order valence-corrected chi connectivity index (χ3v) is 3.75. The number of nitrogens with zero attached hydrogens (tertiary/aromatic N) is 2. The van der Waals surface area contributed by atoms with E-state index in [-0.39, 0.29) is 5.91 Å². The number of carbonyl (C=O) groups is 1. The molecule has 3 nitrogen and oxygen atoms in total. The van der Waals surface area contributed by atoms with Gasteiger partial charge >= 0.3 is 0 Å². The first-order valence-electron chi connectivity index (χ1n) is 6.28. The molecule has 0 radical (unpaired) electrons. The van der Waals surface area contributed by atoms with Gasteiger partial charge < -0.3 is 4.90 Å². The molecule has 1 aromatic rings. The molecule has 0 spiro atoms. The topological polar surface area (TPSA) is 44.1 Å². The first-order chi connectivity index (χ1) is 9.02. The summed E-state index contributed by atoms with van der Waals surface area (Å²) in [4.78, 5) is 13.4. The molecule has 0 aliphatic carbocycles. The average molecular weight is 276 g/mol. The summed E-state index contributed by atoms with van der Waals surface area (Å²) >= 11 is 1.62. The molecule has 0 atom stereocenters. The Hall–Kier alpha value is -1.47. The van der Waals surface area contributed by atoms with E-state index in [9.17, 15) is 4.79 Å². The van der Waals surface area contributed by atoms with Gasteiger partial charge in [-0.1, -0.05) is 29.3 Å². The molecule has 1 amide bonds. The molecular weight excluding hydrogens is 256 g/mol. The van der Waals surface area contributed by atoms with Gasteiger partial charge in [-0.2, -0.15) is 5.26 Å². The molecule has 0 fully saturated rings. The van der Waals surface area contributed by atoms with E-state index < -0.39 is 0 Å². The van der Waals surface area contributed by atoms with Gasteiger partial charge in [0.15, 0.2) is 0 Å². The molecule has 0 aliphatic heterocycles. The largest absolute Gasteiger partial charge is 0.344 e. The Morgan fingerprint density at radius 1 is 1.32 bits per heavy atom. The maximum Gasteiger partial charge on any atom is 0.232 e. The van der Waals surface area contributed by atoms with Crippen molar-refractivity contribution in [3.05, 3.63) is 34.9 Å². The molecular formula is C15H20N2OS. The minimum atomic E-state index is 0.0876. The highest BCUT2D eigenvalue weighted by atomic mass is 32.2. The maximum atomic E-state index is 11.8. The predicted molar refractivity (Wildman–Crippen MR) is 79.9 cm³/mol. The summed E-state index contributed by atoms with van der Waals surface area (Å²) < 4.78 is 0. The monoisotopic (exact) mass is 276 g/mol. The van der Waals surface area contributed by atoms with Crippen LogP contribution >= 0.6 is 11.8 Å². The number of thioether (sulfide) groups is 1. The van der Waals surface area contributed by atoms with Crippen LogP contribution in [0.15, 0.2) is 18.2 Å². The van der Waals surface area contributed by atoms with E-state index in [0.29, 0.717) is 18.7 Å². The van der Waals surface area contributed by atoms with Crippen molar-refractivity contribution < 1.29 is 4.79 Å². The third-order valence-electron chi connectivity index (χ3n) is 2.76. The van der Waals surface area contributed by atoms with Crippen molar-refractivity contribution >= 4 is 17.7 Å². The fourth-order valence-electron chi connectivity index (χ4n) is 1.86. The Balaban J connectivity index is 2.37. The minimum Gasteiger partial charge on any atom is -0.344 e. The normalized spacial score (nSPS) is 10.0. The lowest BCUT2D eigenvalue weighted by molar-refractivity contribution is -0.127. The summed E-state index contributed by atoms with van der Waals surface area (Å²) in [6, 6.07) is 8.51. The standard InChI is InChI=1S/C15H20N2OS/c1-12-7-13(2)9-14(8-12)10-19-11-15(18)17(3)6-4-5-16/h7-9H,4,6,10-11H2,1-3H3. The van der Waals surface area contributed by atoms with E-state index in [2.05, 4.69) is 32.0 Å². The van der Waals surface area contributed by atoms with Gasteiger partial charge in [0.1, 0.15) is 0 Å². The molecule has 1 aromatic carbocycles. The summed E-state index contributed by atoms with van der Waals surface area (Å²) in [6.07, 6.45) is 0.393. The van der Waals surface area contributed by atoms with Gasteiger partial charge in [-0.15, -0.1) is 11.8 Å². The van der Waals surface area contributed by atoms with Gasteiger partial charge in [0, 0.05) is 19.3 Å². The van der Waals surface area contributed by atoms with Gasteiger partial charge in [0.25, 0.3) is 0 Å². The van der Waals surface area contributed by atoms with E-state index in [1.165, 1.54) is 16.7 Å². The second-order valence-electron chi connectivity index (χ2n) is 4.71. The fraction of sp³-hybridized carbons (Fsp3) is 0.467. The lowest BCUT2D eigenvalue weighted by Gasteiger charge is -2.15. The molecule has 0 bridgehead atoms. The maximum absolute atomic E-state index is 11.8. The van der Waals surface area contributed by atoms with Gasteiger partial charge in [0.05, 0.1) is 18.2 Å². The second kappa shape index (κ2) is 7.85. The zero-order valence-corrected chi connectivity index (χ0v) is 12.6. The Bertz CT molecular complexity index is 459. The van der Waals surface area contributed by atoms with Gasteiger partial charge in [-0.3, -0.25) is 4.79 Å². The first kappa shape index (κ1) is 15.6.